The number of benzene rings is 2. The van der Waals surface area contributed by atoms with Gasteiger partial charge in [0.05, 0.1) is 5.69 Å². The van der Waals surface area contributed by atoms with E-state index in [9.17, 15) is 17.2 Å². The number of nitrogens with one attached hydrogen (secondary N) is 1. The third kappa shape index (κ3) is 2.94. The van der Waals surface area contributed by atoms with Crippen LogP contribution in [0.3, 0.4) is 0 Å². The molecule has 0 unspecified atom stereocenters. The zero-order valence-corrected chi connectivity index (χ0v) is 11.1. The van der Waals surface area contributed by atoms with Gasteiger partial charge in [-0.3, -0.25) is 4.72 Å². The van der Waals surface area contributed by atoms with Gasteiger partial charge >= 0.3 is 0 Å². The molecule has 0 spiro atoms. The Labute approximate surface area is 115 Å². The van der Waals surface area contributed by atoms with Crippen LogP contribution in [0.5, 0.6) is 0 Å². The van der Waals surface area contributed by atoms with Crippen molar-refractivity contribution < 1.29 is 17.2 Å². The summed E-state index contributed by atoms with van der Waals surface area (Å²) in [6.45, 7) is -0.0487. The smallest absolute Gasteiger partial charge is 0.264 e. The minimum atomic E-state index is -4.09. The second-order valence-corrected chi connectivity index (χ2v) is 5.69. The van der Waals surface area contributed by atoms with Crippen LogP contribution in [0.25, 0.3) is 0 Å². The van der Waals surface area contributed by atoms with Crippen LogP contribution in [0, 0.1) is 11.6 Å². The third-order valence-corrected chi connectivity index (χ3v) is 4.06. The van der Waals surface area contributed by atoms with E-state index >= 15 is 0 Å². The summed E-state index contributed by atoms with van der Waals surface area (Å²) in [5.74, 6) is -1.39. The number of hydrogen-bond donors (Lipinski definition) is 2. The largest absolute Gasteiger partial charge is 0.326 e. The average Bonchev–Trinajstić information content (AvgIpc) is 2.41. The van der Waals surface area contributed by atoms with Crippen molar-refractivity contribution in [2.45, 2.75) is 11.4 Å². The highest BCUT2D eigenvalue weighted by Crippen LogP contribution is 2.22. The van der Waals surface area contributed by atoms with Gasteiger partial charge in [-0.15, -0.1) is 0 Å². The van der Waals surface area contributed by atoms with E-state index in [1.807, 2.05) is 0 Å². The summed E-state index contributed by atoms with van der Waals surface area (Å²) in [4.78, 5) is -0.479. The molecule has 0 aromatic heterocycles. The fraction of sp³-hybridized carbons (Fsp3) is 0.0769. The minimum Gasteiger partial charge on any atom is -0.326 e. The maximum absolute atomic E-state index is 13.5. The Bertz CT molecular complexity index is 733. The number of anilines is 1. The van der Waals surface area contributed by atoms with Gasteiger partial charge in [0.15, 0.2) is 0 Å². The summed E-state index contributed by atoms with van der Waals surface area (Å²) in [6, 6.07) is 8.45. The van der Waals surface area contributed by atoms with Crippen LogP contribution in [0.2, 0.25) is 0 Å². The second-order valence-electron chi connectivity index (χ2n) is 4.04. The lowest BCUT2D eigenvalue weighted by molar-refractivity contribution is 0.570. The molecule has 0 bridgehead atoms. The molecule has 0 aliphatic heterocycles. The molecule has 0 radical (unpaired) electrons. The SMILES string of the molecule is NCc1cc(F)ccc1NS(=O)(=O)c1ccccc1F. The van der Waals surface area contributed by atoms with Gasteiger partial charge in [0.1, 0.15) is 16.5 Å². The first-order chi connectivity index (χ1) is 9.44. The maximum Gasteiger partial charge on any atom is 0.264 e. The molecule has 0 saturated carbocycles. The van der Waals surface area contributed by atoms with Gasteiger partial charge < -0.3 is 5.73 Å². The zero-order chi connectivity index (χ0) is 14.8. The topological polar surface area (TPSA) is 72.2 Å². The summed E-state index contributed by atoms with van der Waals surface area (Å²) < 4.78 is 53.0. The van der Waals surface area contributed by atoms with Gasteiger partial charge in [-0.25, -0.2) is 17.2 Å². The van der Waals surface area contributed by atoms with Crippen LogP contribution < -0.4 is 10.5 Å². The van der Waals surface area contributed by atoms with Crippen molar-refractivity contribution in [3.05, 3.63) is 59.7 Å². The van der Waals surface area contributed by atoms with Crippen molar-refractivity contribution in [1.29, 1.82) is 0 Å². The summed E-state index contributed by atoms with van der Waals surface area (Å²) in [5, 5.41) is 0. The van der Waals surface area contributed by atoms with Gasteiger partial charge in [-0.2, -0.15) is 0 Å². The fourth-order valence-corrected chi connectivity index (χ4v) is 2.87. The van der Waals surface area contributed by atoms with Crippen LogP contribution >= 0.6 is 0 Å². The van der Waals surface area contributed by atoms with Crippen molar-refractivity contribution in [2.75, 3.05) is 4.72 Å². The first kappa shape index (κ1) is 14.4. The van der Waals surface area contributed by atoms with E-state index in [-0.39, 0.29) is 17.8 Å². The van der Waals surface area contributed by atoms with Gasteiger partial charge in [0.2, 0.25) is 0 Å². The van der Waals surface area contributed by atoms with E-state index in [0.29, 0.717) is 0 Å². The van der Waals surface area contributed by atoms with Crippen molar-refractivity contribution in [3.8, 4) is 0 Å². The second kappa shape index (κ2) is 5.56. The number of hydrogen-bond acceptors (Lipinski definition) is 3. The van der Waals surface area contributed by atoms with Crippen LogP contribution in [-0.4, -0.2) is 8.42 Å². The van der Waals surface area contributed by atoms with Gasteiger partial charge in [-0.1, -0.05) is 12.1 Å². The maximum atomic E-state index is 13.5. The van der Waals surface area contributed by atoms with Crippen molar-refractivity contribution in [1.82, 2.24) is 0 Å². The molecule has 2 rings (SSSR count). The molecule has 4 nitrogen and oxygen atoms in total. The number of nitrogens with two attached hydrogens (primary N) is 1. The molecule has 2 aromatic carbocycles. The lowest BCUT2D eigenvalue weighted by Gasteiger charge is -2.12. The first-order valence-corrected chi connectivity index (χ1v) is 7.18. The predicted octanol–water partition coefficient (Wildman–Crippen LogP) is 2.22. The molecule has 0 amide bonds. The molecule has 0 fully saturated rings. The fourth-order valence-electron chi connectivity index (χ4n) is 1.69. The van der Waals surface area contributed by atoms with E-state index in [0.717, 1.165) is 24.3 Å². The molecule has 0 atom stereocenters. The van der Waals surface area contributed by atoms with E-state index < -0.39 is 26.6 Å². The molecule has 0 aliphatic rings. The lowest BCUT2D eigenvalue weighted by atomic mass is 10.2. The Hall–Kier alpha value is -1.99. The minimum absolute atomic E-state index is 0.0487. The Morgan fingerprint density at radius 3 is 2.45 bits per heavy atom. The van der Waals surface area contributed by atoms with Crippen LogP contribution in [-0.2, 0) is 16.6 Å². The van der Waals surface area contributed by atoms with Crippen molar-refractivity contribution in [3.63, 3.8) is 0 Å². The standard InChI is InChI=1S/C13H12F2N2O2S/c14-10-5-6-12(9(7-10)8-16)17-20(18,19)13-4-2-1-3-11(13)15/h1-7,17H,8,16H2. The third-order valence-electron chi connectivity index (χ3n) is 2.66. The molecular weight excluding hydrogens is 286 g/mol. The van der Waals surface area contributed by atoms with E-state index in [2.05, 4.69) is 4.72 Å². The monoisotopic (exact) mass is 298 g/mol. The highest BCUT2D eigenvalue weighted by Gasteiger charge is 2.19. The highest BCUT2D eigenvalue weighted by atomic mass is 32.2. The molecule has 106 valence electrons. The molecule has 7 heteroatoms. The Kier molecular flexibility index (Phi) is 4.01. The summed E-state index contributed by atoms with van der Waals surface area (Å²) in [5.41, 5.74) is 5.84. The molecule has 3 N–H and O–H groups in total. The Morgan fingerprint density at radius 2 is 1.80 bits per heavy atom. The Balaban J connectivity index is 2.41. The van der Waals surface area contributed by atoms with Gasteiger partial charge in [0.25, 0.3) is 10.0 Å². The predicted molar refractivity (Wildman–Crippen MR) is 71.5 cm³/mol. The molecule has 2 aromatic rings. The van der Waals surface area contributed by atoms with Crippen LogP contribution in [0.4, 0.5) is 14.5 Å². The normalized spacial score (nSPS) is 11.3. The number of halogens is 2. The first-order valence-electron chi connectivity index (χ1n) is 5.70. The lowest BCUT2D eigenvalue weighted by Crippen LogP contribution is -2.16. The van der Waals surface area contributed by atoms with E-state index in [4.69, 9.17) is 5.73 Å². The highest BCUT2D eigenvalue weighted by molar-refractivity contribution is 7.92. The van der Waals surface area contributed by atoms with Crippen molar-refractivity contribution >= 4 is 15.7 Å². The molecule has 20 heavy (non-hydrogen) atoms. The van der Waals surface area contributed by atoms with Crippen molar-refractivity contribution in [2.24, 2.45) is 5.73 Å². The molecule has 0 saturated heterocycles. The summed E-state index contributed by atoms with van der Waals surface area (Å²) in [6.07, 6.45) is 0. The summed E-state index contributed by atoms with van der Waals surface area (Å²) >= 11 is 0. The molecule has 0 aliphatic carbocycles. The number of sulfonamides is 1. The quantitative estimate of drug-likeness (QED) is 0.909. The molecular formula is C13H12F2N2O2S. The van der Waals surface area contributed by atoms with Gasteiger partial charge in [0, 0.05) is 6.54 Å². The van der Waals surface area contributed by atoms with E-state index in [1.165, 1.54) is 18.2 Å². The molecule has 0 heterocycles. The van der Waals surface area contributed by atoms with E-state index in [1.54, 1.807) is 0 Å². The Morgan fingerprint density at radius 1 is 1.10 bits per heavy atom. The summed E-state index contributed by atoms with van der Waals surface area (Å²) in [7, 11) is -4.09. The zero-order valence-electron chi connectivity index (χ0n) is 10.3. The van der Waals surface area contributed by atoms with Crippen LogP contribution in [0.1, 0.15) is 5.56 Å². The van der Waals surface area contributed by atoms with Gasteiger partial charge in [-0.05, 0) is 35.9 Å². The van der Waals surface area contributed by atoms with Crippen LogP contribution in [0.15, 0.2) is 47.4 Å². The average molecular weight is 298 g/mol. The number of rotatable bonds is 4.